The zero-order chi connectivity index (χ0) is 25.2. The molecule has 7 heteroatoms. The van der Waals surface area contributed by atoms with Crippen LogP contribution in [0.2, 0.25) is 0 Å². The first kappa shape index (κ1) is 30.5. The van der Waals surface area contributed by atoms with Gasteiger partial charge in [0, 0.05) is 12.8 Å². The van der Waals surface area contributed by atoms with Crippen LogP contribution in [0, 0.1) is 11.3 Å². The van der Waals surface area contributed by atoms with E-state index >= 15 is 0 Å². The van der Waals surface area contributed by atoms with E-state index in [0.717, 1.165) is 12.8 Å². The van der Waals surface area contributed by atoms with Gasteiger partial charge < -0.3 is 14.9 Å². The molecule has 0 aliphatic heterocycles. The molecule has 0 bridgehead atoms. The van der Waals surface area contributed by atoms with Gasteiger partial charge in [-0.25, -0.2) is 12.8 Å². The van der Waals surface area contributed by atoms with Crippen LogP contribution in [-0.2, 0) is 27.0 Å². The Kier molecular flexibility index (Phi) is 12.7. The van der Waals surface area contributed by atoms with Gasteiger partial charge in [0.2, 0.25) is 0 Å². The molecule has 186 valence electrons. The first-order valence-corrected chi connectivity index (χ1v) is 13.1. The Morgan fingerprint density at radius 2 is 1.66 bits per heavy atom. The second-order valence-corrected chi connectivity index (χ2v) is 11.8. The second kappa shape index (κ2) is 13.3. The van der Waals surface area contributed by atoms with Gasteiger partial charge in [0.1, 0.15) is 17.2 Å². The minimum atomic E-state index is -3.64. The summed E-state index contributed by atoms with van der Waals surface area (Å²) < 4.78 is 48.2. The highest BCUT2D eigenvalue weighted by atomic mass is 32.2. The largest absolute Gasteiger partial charge is 0.493 e. The first-order valence-electron chi connectivity index (χ1n) is 11.4. The summed E-state index contributed by atoms with van der Waals surface area (Å²) >= 11 is 0. The second-order valence-electron chi connectivity index (χ2n) is 9.24. The first-order chi connectivity index (χ1) is 14.8. The molecule has 0 unspecified atom stereocenters. The predicted molar refractivity (Wildman–Crippen MR) is 132 cm³/mol. The summed E-state index contributed by atoms with van der Waals surface area (Å²) in [5.41, 5.74) is 0.976. The molecule has 1 aliphatic carbocycles. The van der Waals surface area contributed by atoms with Gasteiger partial charge in [-0.05, 0) is 83.1 Å². The van der Waals surface area contributed by atoms with Crippen LogP contribution in [-0.4, -0.2) is 38.2 Å². The van der Waals surface area contributed by atoms with Gasteiger partial charge in [-0.3, -0.25) is 0 Å². The van der Waals surface area contributed by atoms with Crippen LogP contribution in [0.1, 0.15) is 85.8 Å². The van der Waals surface area contributed by atoms with Crippen LogP contribution >= 0.6 is 0 Å². The maximum Gasteiger partial charge on any atom is 0.164 e. The molecule has 1 aromatic rings. The number of sulfone groups is 1. The molecule has 2 rings (SSSR count). The van der Waals surface area contributed by atoms with Crippen molar-refractivity contribution in [1.82, 2.24) is 0 Å². The van der Waals surface area contributed by atoms with Gasteiger partial charge in [-0.1, -0.05) is 26.8 Å². The fraction of sp³-hybridized carbons (Fsp3) is 0.720. The molecule has 0 spiro atoms. The van der Waals surface area contributed by atoms with Gasteiger partial charge in [0.25, 0.3) is 0 Å². The third kappa shape index (κ3) is 9.99. The summed E-state index contributed by atoms with van der Waals surface area (Å²) in [7, 11) is -1.93. The normalized spacial score (nSPS) is 13.9. The van der Waals surface area contributed by atoms with Crippen molar-refractivity contribution in [2.45, 2.75) is 97.4 Å². The van der Waals surface area contributed by atoms with Gasteiger partial charge in [-0.2, -0.15) is 0 Å². The van der Waals surface area contributed by atoms with E-state index in [1.54, 1.807) is 32.2 Å². The Morgan fingerprint density at radius 1 is 1.12 bits per heavy atom. The number of hydrogen-bond acceptors (Lipinski definition) is 5. The third-order valence-corrected chi connectivity index (χ3v) is 7.81. The number of ether oxygens (including phenoxy) is 2. The highest BCUT2D eigenvalue weighted by molar-refractivity contribution is 7.92. The summed E-state index contributed by atoms with van der Waals surface area (Å²) in [4.78, 5) is 0. The molecule has 0 heterocycles. The number of methoxy groups -OCH3 is 1. The van der Waals surface area contributed by atoms with E-state index in [1.165, 1.54) is 13.8 Å². The maximum atomic E-state index is 13.3. The van der Waals surface area contributed by atoms with Crippen molar-refractivity contribution in [1.29, 1.82) is 5.41 Å². The summed E-state index contributed by atoms with van der Waals surface area (Å²) in [6.07, 6.45) is 2.70. The molecule has 0 amide bonds. The Morgan fingerprint density at radius 3 is 2.06 bits per heavy atom. The molecule has 1 aliphatic rings. The van der Waals surface area contributed by atoms with Gasteiger partial charge >= 0.3 is 0 Å². The van der Waals surface area contributed by atoms with E-state index in [4.69, 9.17) is 14.9 Å². The number of hydrogen-bond donors (Lipinski definition) is 1. The van der Waals surface area contributed by atoms with E-state index in [9.17, 15) is 12.8 Å². The van der Waals surface area contributed by atoms with E-state index < -0.39 is 21.3 Å². The van der Waals surface area contributed by atoms with Gasteiger partial charge in [0.05, 0.1) is 18.0 Å². The molecule has 1 fully saturated rings. The number of alkyl halides is 1. The van der Waals surface area contributed by atoms with Gasteiger partial charge in [-0.15, -0.1) is 0 Å². The molecule has 0 saturated heterocycles. The van der Waals surface area contributed by atoms with Crippen molar-refractivity contribution in [3.05, 3.63) is 29.3 Å². The quantitative estimate of drug-likeness (QED) is 0.414. The highest BCUT2D eigenvalue weighted by Crippen LogP contribution is 2.31. The van der Waals surface area contributed by atoms with Crippen molar-refractivity contribution in [2.75, 3.05) is 13.7 Å². The zero-order valence-electron chi connectivity index (χ0n) is 21.5. The van der Waals surface area contributed by atoms with Crippen molar-refractivity contribution < 1.29 is 22.3 Å². The number of nitrogens with one attached hydrogen (secondary N) is 1. The Balaban J connectivity index is 0.00000104. The lowest BCUT2D eigenvalue weighted by atomic mass is 10.1. The summed E-state index contributed by atoms with van der Waals surface area (Å²) in [5.74, 6) is 0.872. The molecular formula is C25H44FNO4S. The molecule has 1 saturated carbocycles. The van der Waals surface area contributed by atoms with Crippen molar-refractivity contribution in [2.24, 2.45) is 5.92 Å². The topological polar surface area (TPSA) is 76.5 Å². The molecule has 5 nitrogen and oxygen atoms in total. The van der Waals surface area contributed by atoms with Crippen LogP contribution < -0.4 is 4.74 Å². The van der Waals surface area contributed by atoms with Crippen LogP contribution in [0.15, 0.2) is 18.2 Å². The number of halogens is 1. The molecule has 1 aromatic carbocycles. The van der Waals surface area contributed by atoms with Crippen LogP contribution in [0.3, 0.4) is 0 Å². The molecule has 0 radical (unpaired) electrons. The molecule has 1 N–H and O–H groups in total. The Labute approximate surface area is 195 Å². The lowest BCUT2D eigenvalue weighted by Gasteiger charge is -2.26. The van der Waals surface area contributed by atoms with Gasteiger partial charge in [0.15, 0.2) is 9.84 Å². The fourth-order valence-corrected chi connectivity index (χ4v) is 4.01. The van der Waals surface area contributed by atoms with E-state index in [2.05, 4.69) is 0 Å². The van der Waals surface area contributed by atoms with Crippen molar-refractivity contribution in [3.63, 3.8) is 0 Å². The molecular weight excluding hydrogens is 429 g/mol. The molecule has 0 atom stereocenters. The van der Waals surface area contributed by atoms with Crippen molar-refractivity contribution >= 4 is 15.5 Å². The Bertz CT molecular complexity index is 810. The highest BCUT2D eigenvalue weighted by Gasteiger charge is 2.38. The lowest BCUT2D eigenvalue weighted by molar-refractivity contribution is 0.0397. The maximum absolute atomic E-state index is 13.3. The molecule has 0 aromatic heterocycles. The zero-order valence-corrected chi connectivity index (χ0v) is 22.3. The van der Waals surface area contributed by atoms with Crippen LogP contribution in [0.5, 0.6) is 5.75 Å². The predicted octanol–water partition coefficient (Wildman–Crippen LogP) is 6.53. The summed E-state index contributed by atoms with van der Waals surface area (Å²) in [6, 6.07) is 4.90. The standard InChI is InChI=1S/C18H26FNO3S.C5H12O.C2H6/c1-4-17(20)18(2,3)24(21,22)12-15-9-16(8-7-14(15)10-19)23-11-13-5-6-13;1-5(2,3)6-4;1-2/h7-9,13,20H,4-6,10-12H2,1-3H3;1-4H3;1-2H3. The minimum absolute atomic E-state index is 0.0417. The summed E-state index contributed by atoms with van der Waals surface area (Å²) in [5, 5.41) is 7.94. The SMILES string of the molecule is CC.CCC(=N)C(C)(C)S(=O)(=O)Cc1cc(OCC2CC2)ccc1CF.COC(C)(C)C. The monoisotopic (exact) mass is 473 g/mol. The average molecular weight is 474 g/mol. The van der Waals surface area contributed by atoms with E-state index in [-0.39, 0.29) is 17.1 Å². The minimum Gasteiger partial charge on any atom is -0.493 e. The van der Waals surface area contributed by atoms with E-state index in [1.807, 2.05) is 34.6 Å². The summed E-state index contributed by atoms with van der Waals surface area (Å²) in [6.45, 7) is 14.8. The molecule has 32 heavy (non-hydrogen) atoms. The number of benzene rings is 1. The van der Waals surface area contributed by atoms with Crippen LogP contribution in [0.25, 0.3) is 0 Å². The van der Waals surface area contributed by atoms with Crippen molar-refractivity contribution in [3.8, 4) is 5.75 Å². The smallest absolute Gasteiger partial charge is 0.164 e. The number of rotatable bonds is 9. The fourth-order valence-electron chi connectivity index (χ4n) is 2.45. The lowest BCUT2D eigenvalue weighted by Crippen LogP contribution is -2.40. The Hall–Kier alpha value is -1.47. The third-order valence-electron chi connectivity index (χ3n) is 5.32. The van der Waals surface area contributed by atoms with E-state index in [0.29, 0.717) is 35.8 Å². The van der Waals surface area contributed by atoms with Crippen LogP contribution in [0.4, 0.5) is 4.39 Å². The average Bonchev–Trinajstić information content (AvgIpc) is 3.57.